The third kappa shape index (κ3) is 8.84. The zero-order valence-corrected chi connectivity index (χ0v) is 46.3. The number of carbonyl (C=O) groups excluding carboxylic acids is 1. The van der Waals surface area contributed by atoms with Crippen LogP contribution in [0.4, 0.5) is 0 Å². The van der Waals surface area contributed by atoms with Gasteiger partial charge in [-0.3, -0.25) is 9.59 Å². The molecule has 12 bridgehead atoms. The number of hydrogen-bond donors (Lipinski definition) is 4. The second-order valence-corrected chi connectivity index (χ2v) is 27.3. The summed E-state index contributed by atoms with van der Waals surface area (Å²) in [6, 6.07) is 0. The Morgan fingerprint density at radius 3 is 2.09 bits per heavy atom. The maximum atomic E-state index is 14.6. The highest BCUT2D eigenvalue weighted by atomic mass is 16.8. The SMILES string of the molecule is C=C1C[C@@H]2CC[C@]34OC5[C@@H]6O[C@H]7CC[C@H](CC(=O)O[C@@H]8[C@@H](C)[C@@H]9O[C@@H]%10C[C@]%11(C[C@@H]%12O[C@]%13(C[C@H](C)[C@@H]%14O[C@H](CC(=O)O)[C@H](O)C[C@@H]%14O%13)C[C@H](C)[C@@H]%12O%11)O[C@@H]%10C[C@@H]9O[C@H]8C[C@H]8O[C@@H](CC[C@@H]1O2)C[C@@H](C)C8=C)O[C@@H]7[C@H](O3)[C@@H]6O[C@@]5(O)[C@H]4O. The van der Waals surface area contributed by atoms with Crippen molar-refractivity contribution in [2.45, 2.75) is 306 Å². The second-order valence-electron chi connectivity index (χ2n) is 27.3. The van der Waals surface area contributed by atoms with Crippen molar-refractivity contribution < 1.29 is 101 Å². The van der Waals surface area contributed by atoms with Gasteiger partial charge in [0.2, 0.25) is 11.6 Å². The summed E-state index contributed by atoms with van der Waals surface area (Å²) < 4.78 is 102. The first kappa shape index (κ1) is 54.4. The first-order chi connectivity index (χ1) is 38.2. The number of carbonyl (C=O) groups is 2. The van der Waals surface area contributed by atoms with Crippen molar-refractivity contribution in [3.63, 3.8) is 0 Å². The normalized spacial score (nSPS) is 58.7. The molecule has 0 aromatic heterocycles. The minimum absolute atomic E-state index is 0.00631. The van der Waals surface area contributed by atoms with Crippen LogP contribution in [0.2, 0.25) is 0 Å². The maximum absolute atomic E-state index is 14.6. The molecule has 16 aliphatic rings. The highest BCUT2D eigenvalue weighted by Crippen LogP contribution is 2.59. The van der Waals surface area contributed by atoms with Crippen LogP contribution < -0.4 is 0 Å². The number of carboxylic acids is 1. The van der Waals surface area contributed by atoms with E-state index in [2.05, 4.69) is 40.9 Å². The summed E-state index contributed by atoms with van der Waals surface area (Å²) in [5.41, 5.74) is 1.99. The molecule has 0 aromatic rings. The van der Waals surface area contributed by atoms with Gasteiger partial charge in [0, 0.05) is 57.3 Å². The van der Waals surface area contributed by atoms with Gasteiger partial charge in [0.15, 0.2) is 17.7 Å². The van der Waals surface area contributed by atoms with Crippen LogP contribution in [-0.4, -0.2) is 202 Å². The lowest BCUT2D eigenvalue weighted by molar-refractivity contribution is -0.371. The first-order valence-corrected chi connectivity index (χ1v) is 30.4. The average molecular weight is 1130 g/mol. The minimum atomic E-state index is -2.04. The summed E-state index contributed by atoms with van der Waals surface area (Å²) in [6.07, 6.45) is -5.45. The zero-order valence-electron chi connectivity index (χ0n) is 46.3. The van der Waals surface area contributed by atoms with Crippen LogP contribution in [0.25, 0.3) is 0 Å². The Kier molecular flexibility index (Phi) is 13.3. The largest absolute Gasteiger partial charge is 0.481 e. The first-order valence-electron chi connectivity index (χ1n) is 30.4. The molecule has 4 N–H and O–H groups in total. The van der Waals surface area contributed by atoms with Gasteiger partial charge < -0.3 is 91.5 Å². The molecule has 32 atom stereocenters. The lowest BCUT2D eigenvalue weighted by Crippen LogP contribution is -2.63. The summed E-state index contributed by atoms with van der Waals surface area (Å²) in [5.74, 6) is -7.08. The molecule has 16 aliphatic heterocycles. The molecule has 80 heavy (non-hydrogen) atoms. The Bertz CT molecular complexity index is 2460. The molecule has 16 rings (SSSR count). The topological polar surface area (TPSA) is 254 Å². The molecule has 3 spiro atoms. The summed E-state index contributed by atoms with van der Waals surface area (Å²) in [4.78, 5) is 26.1. The Hall–Kier alpha value is -2.26. The number of fused-ring (bicyclic) bond motifs is 10. The van der Waals surface area contributed by atoms with E-state index in [1.807, 2.05) is 0 Å². The molecule has 0 aromatic carbocycles. The second kappa shape index (κ2) is 19.6. The van der Waals surface area contributed by atoms with Crippen molar-refractivity contribution in [1.82, 2.24) is 0 Å². The standard InChI is InChI=1S/C59H82O21/c1-24-13-30-7-9-34-25(2)14-32(66-34)11-12-58-55(64)59(65)54(80-58)53-52(79-59)51(78-58)50-35(70-53)10-8-31(68-50)15-45(63)73-49-29(6)48-40(69-39(49)17-36(67-30)28(24)5)18-38-42(72-48)22-57(74-38)23-43-47(77-57)27(4)21-56(76-43)20-26(3)46-41(75-56)16-33(60)37(71-46)19-44(61)62/h24,26-27,29-43,46-55,60,64-65H,2,5,7-23H2,1,3-4,6H3,(H,61,62)/t24-,26+,27+,29+,30+,31-,32+,33-,34+,35+,36-,37-,38-,39+,40+,41+,42-,43+,46+,47+,48+,49-,50+,51+,52+,53-,54?,55+,56-,57+,58-,59-/m1/s1. The van der Waals surface area contributed by atoms with E-state index in [4.69, 9.17) is 71.1 Å². The molecule has 16 fully saturated rings. The molecule has 16 saturated heterocycles. The predicted octanol–water partition coefficient (Wildman–Crippen LogP) is 3.95. The van der Waals surface area contributed by atoms with Crippen LogP contribution in [0.1, 0.15) is 137 Å². The third-order valence-corrected chi connectivity index (χ3v) is 21.8. The third-order valence-electron chi connectivity index (χ3n) is 21.8. The lowest BCUT2D eigenvalue weighted by atomic mass is 9.78. The molecule has 16 heterocycles. The summed E-state index contributed by atoms with van der Waals surface area (Å²) >= 11 is 0. The van der Waals surface area contributed by atoms with Crippen molar-refractivity contribution in [3.8, 4) is 0 Å². The molecule has 21 nitrogen and oxygen atoms in total. The summed E-state index contributed by atoms with van der Waals surface area (Å²) in [5, 5.41) is 44.2. The fraction of sp³-hybridized carbons (Fsp3) is 0.898. The van der Waals surface area contributed by atoms with Crippen LogP contribution in [0.3, 0.4) is 0 Å². The maximum Gasteiger partial charge on any atom is 0.308 e. The van der Waals surface area contributed by atoms with E-state index >= 15 is 0 Å². The van der Waals surface area contributed by atoms with Crippen molar-refractivity contribution in [3.05, 3.63) is 24.3 Å². The monoisotopic (exact) mass is 1130 g/mol. The number of aliphatic hydroxyl groups excluding tert-OH is 2. The smallest absolute Gasteiger partial charge is 0.308 e. The Morgan fingerprint density at radius 2 is 1.26 bits per heavy atom. The van der Waals surface area contributed by atoms with Gasteiger partial charge in [0.1, 0.15) is 36.6 Å². The molecule has 0 amide bonds. The van der Waals surface area contributed by atoms with Crippen molar-refractivity contribution in [2.24, 2.45) is 23.7 Å². The lowest BCUT2D eigenvalue weighted by Gasteiger charge is -2.54. The molecule has 0 radical (unpaired) electrons. The van der Waals surface area contributed by atoms with Gasteiger partial charge in [-0.25, -0.2) is 0 Å². The van der Waals surface area contributed by atoms with E-state index in [-0.39, 0.29) is 110 Å². The number of aliphatic hydroxyl groups is 3. The van der Waals surface area contributed by atoms with Gasteiger partial charge >= 0.3 is 11.9 Å². The van der Waals surface area contributed by atoms with Gasteiger partial charge in [0.25, 0.3) is 0 Å². The van der Waals surface area contributed by atoms with Crippen LogP contribution >= 0.6 is 0 Å². The van der Waals surface area contributed by atoms with Crippen LogP contribution in [0, 0.1) is 23.7 Å². The number of esters is 1. The van der Waals surface area contributed by atoms with E-state index in [0.717, 1.165) is 24.0 Å². The quantitative estimate of drug-likeness (QED) is 0.226. The van der Waals surface area contributed by atoms with Crippen molar-refractivity contribution in [2.75, 3.05) is 0 Å². The highest BCUT2D eigenvalue weighted by Gasteiger charge is 2.79. The Labute approximate surface area is 466 Å². The van der Waals surface area contributed by atoms with E-state index in [9.17, 15) is 30.0 Å². The van der Waals surface area contributed by atoms with Gasteiger partial charge in [-0.1, -0.05) is 40.9 Å². The fourth-order valence-electron chi connectivity index (χ4n) is 18.0. The van der Waals surface area contributed by atoms with Crippen molar-refractivity contribution in [1.29, 1.82) is 0 Å². The Morgan fingerprint density at radius 1 is 0.562 bits per heavy atom. The summed E-state index contributed by atoms with van der Waals surface area (Å²) in [7, 11) is 0. The van der Waals surface area contributed by atoms with Crippen LogP contribution in [-0.2, 0) is 80.6 Å². The van der Waals surface area contributed by atoms with Crippen LogP contribution in [0.15, 0.2) is 24.3 Å². The minimum Gasteiger partial charge on any atom is -0.481 e. The molecule has 21 heteroatoms. The number of aliphatic carboxylic acids is 1. The zero-order chi connectivity index (χ0) is 55.1. The van der Waals surface area contributed by atoms with Gasteiger partial charge in [0.05, 0.1) is 117 Å². The number of hydrogen-bond acceptors (Lipinski definition) is 20. The van der Waals surface area contributed by atoms with Gasteiger partial charge in [-0.15, -0.1) is 0 Å². The van der Waals surface area contributed by atoms with Gasteiger partial charge in [-0.2, -0.15) is 0 Å². The van der Waals surface area contributed by atoms with Crippen LogP contribution in [0.5, 0.6) is 0 Å². The molecular formula is C59H82O21. The highest BCUT2D eigenvalue weighted by molar-refractivity contribution is 5.70. The van der Waals surface area contributed by atoms with Gasteiger partial charge in [-0.05, 0) is 73.8 Å². The average Bonchev–Trinajstić information content (AvgIpc) is 4.26. The van der Waals surface area contributed by atoms with E-state index < -0.39 is 121 Å². The Balaban J connectivity index is 0.666. The molecule has 1 unspecified atom stereocenters. The fourth-order valence-corrected chi connectivity index (χ4v) is 18.0. The van der Waals surface area contributed by atoms with E-state index in [0.29, 0.717) is 70.6 Å². The number of rotatable bonds is 2. The van der Waals surface area contributed by atoms with E-state index in [1.165, 1.54) is 0 Å². The predicted molar refractivity (Wildman–Crippen MR) is 271 cm³/mol. The molecule has 0 aliphatic carbocycles. The number of carboxylic acid groups (broad SMARTS) is 1. The molecular weight excluding hydrogens is 1040 g/mol. The molecule has 444 valence electrons. The van der Waals surface area contributed by atoms with Crippen molar-refractivity contribution >= 4 is 11.9 Å². The van der Waals surface area contributed by atoms with E-state index in [1.54, 1.807) is 0 Å². The molecule has 0 saturated carbocycles. The number of ether oxygens (including phenoxy) is 15. The summed E-state index contributed by atoms with van der Waals surface area (Å²) in [6.45, 7) is 17.5.